The van der Waals surface area contributed by atoms with E-state index in [0.29, 0.717) is 18.9 Å². The van der Waals surface area contributed by atoms with Crippen LogP contribution in [0.3, 0.4) is 0 Å². The molecule has 0 unspecified atom stereocenters. The average molecular weight is 393 g/mol. The van der Waals surface area contributed by atoms with Gasteiger partial charge in [-0.15, -0.1) is 0 Å². The SMILES string of the molecule is C[C@@H](c1ccc(-n2cncn2)cc1)N(C)C(=O)NC[C@@H]1COc2ccccc2O1. The lowest BCUT2D eigenvalue weighted by molar-refractivity contribution is 0.0899. The molecule has 0 bridgehead atoms. The highest BCUT2D eigenvalue weighted by molar-refractivity contribution is 5.74. The number of fused-ring (bicyclic) bond motifs is 1. The summed E-state index contributed by atoms with van der Waals surface area (Å²) in [6, 6.07) is 15.2. The van der Waals surface area contributed by atoms with Crippen molar-refractivity contribution >= 4 is 6.03 Å². The Bertz CT molecular complexity index is 959. The molecule has 150 valence electrons. The fourth-order valence-electron chi connectivity index (χ4n) is 3.14. The van der Waals surface area contributed by atoms with Crippen LogP contribution in [-0.4, -0.2) is 52.0 Å². The monoisotopic (exact) mass is 393 g/mol. The molecule has 1 aliphatic rings. The minimum atomic E-state index is -0.223. The van der Waals surface area contributed by atoms with Crippen molar-refractivity contribution in [1.82, 2.24) is 25.0 Å². The second-order valence-electron chi connectivity index (χ2n) is 6.90. The summed E-state index contributed by atoms with van der Waals surface area (Å²) >= 11 is 0. The maximum Gasteiger partial charge on any atom is 0.317 e. The van der Waals surface area contributed by atoms with Gasteiger partial charge in [0.05, 0.1) is 18.3 Å². The summed E-state index contributed by atoms with van der Waals surface area (Å²) in [6.45, 7) is 2.76. The Morgan fingerprint density at radius 3 is 2.72 bits per heavy atom. The summed E-state index contributed by atoms with van der Waals surface area (Å²) in [6.07, 6.45) is 2.92. The van der Waals surface area contributed by atoms with Gasteiger partial charge in [0.15, 0.2) is 17.6 Å². The summed E-state index contributed by atoms with van der Waals surface area (Å²) in [7, 11) is 1.78. The molecule has 0 radical (unpaired) electrons. The summed E-state index contributed by atoms with van der Waals surface area (Å²) in [4.78, 5) is 18.2. The van der Waals surface area contributed by atoms with Crippen LogP contribution in [0.5, 0.6) is 11.5 Å². The number of rotatable bonds is 5. The Labute approximate surface area is 169 Å². The Hall–Kier alpha value is -3.55. The molecule has 1 N–H and O–H groups in total. The Morgan fingerprint density at radius 2 is 2.00 bits per heavy atom. The van der Waals surface area contributed by atoms with Crippen LogP contribution in [0.4, 0.5) is 4.79 Å². The molecule has 2 atom stereocenters. The van der Waals surface area contributed by atoms with Gasteiger partial charge in [0.25, 0.3) is 0 Å². The Kier molecular flexibility index (Phi) is 5.33. The lowest BCUT2D eigenvalue weighted by Crippen LogP contribution is -2.45. The Morgan fingerprint density at radius 1 is 1.24 bits per heavy atom. The number of para-hydroxylation sites is 2. The van der Waals surface area contributed by atoms with E-state index in [0.717, 1.165) is 17.0 Å². The van der Waals surface area contributed by atoms with E-state index >= 15 is 0 Å². The number of carbonyl (C=O) groups is 1. The number of nitrogens with one attached hydrogen (secondary N) is 1. The molecule has 29 heavy (non-hydrogen) atoms. The number of hydrogen-bond acceptors (Lipinski definition) is 5. The van der Waals surface area contributed by atoms with E-state index in [9.17, 15) is 4.79 Å². The van der Waals surface area contributed by atoms with Crippen LogP contribution in [0.2, 0.25) is 0 Å². The smallest absolute Gasteiger partial charge is 0.317 e. The second kappa shape index (κ2) is 8.22. The van der Waals surface area contributed by atoms with E-state index < -0.39 is 0 Å². The van der Waals surface area contributed by atoms with E-state index in [2.05, 4.69) is 15.4 Å². The average Bonchev–Trinajstić information content (AvgIpc) is 3.31. The van der Waals surface area contributed by atoms with Crippen molar-refractivity contribution in [2.45, 2.75) is 19.1 Å². The maximum absolute atomic E-state index is 12.6. The number of nitrogens with zero attached hydrogens (tertiary/aromatic N) is 4. The molecule has 4 rings (SSSR count). The molecule has 2 aromatic carbocycles. The number of benzene rings is 2. The van der Waals surface area contributed by atoms with Gasteiger partial charge in [-0.1, -0.05) is 24.3 Å². The van der Waals surface area contributed by atoms with E-state index in [1.807, 2.05) is 55.5 Å². The fourth-order valence-corrected chi connectivity index (χ4v) is 3.14. The molecule has 2 amide bonds. The second-order valence-corrected chi connectivity index (χ2v) is 6.90. The summed E-state index contributed by atoms with van der Waals surface area (Å²) in [5, 5.41) is 7.04. The van der Waals surface area contributed by atoms with Crippen LogP contribution in [0.1, 0.15) is 18.5 Å². The first-order valence-corrected chi connectivity index (χ1v) is 9.46. The van der Waals surface area contributed by atoms with Crippen molar-refractivity contribution in [3.63, 3.8) is 0 Å². The maximum atomic E-state index is 12.6. The van der Waals surface area contributed by atoms with Crippen LogP contribution < -0.4 is 14.8 Å². The van der Waals surface area contributed by atoms with Gasteiger partial charge in [0.1, 0.15) is 19.3 Å². The molecule has 0 aliphatic carbocycles. The molecule has 8 heteroatoms. The molecule has 3 aromatic rings. The van der Waals surface area contributed by atoms with Crippen molar-refractivity contribution in [2.24, 2.45) is 0 Å². The predicted molar refractivity (Wildman–Crippen MR) is 107 cm³/mol. The molecule has 0 saturated carbocycles. The van der Waals surface area contributed by atoms with Crippen molar-refractivity contribution in [3.8, 4) is 17.2 Å². The van der Waals surface area contributed by atoms with Gasteiger partial charge in [-0.25, -0.2) is 14.5 Å². The fraction of sp³-hybridized carbons (Fsp3) is 0.286. The molecule has 8 nitrogen and oxygen atoms in total. The van der Waals surface area contributed by atoms with Gasteiger partial charge in [-0.2, -0.15) is 5.10 Å². The zero-order valence-corrected chi connectivity index (χ0v) is 16.4. The quantitative estimate of drug-likeness (QED) is 0.721. The van der Waals surface area contributed by atoms with E-state index in [1.54, 1.807) is 23.0 Å². The first-order chi connectivity index (χ1) is 14.1. The molecule has 0 saturated heterocycles. The lowest BCUT2D eigenvalue weighted by atomic mass is 10.1. The molecule has 1 aromatic heterocycles. The lowest BCUT2D eigenvalue weighted by Gasteiger charge is -2.29. The van der Waals surface area contributed by atoms with Crippen molar-refractivity contribution in [1.29, 1.82) is 0 Å². The van der Waals surface area contributed by atoms with Gasteiger partial charge in [0, 0.05) is 7.05 Å². The van der Waals surface area contributed by atoms with Crippen molar-refractivity contribution in [3.05, 3.63) is 66.7 Å². The summed E-state index contributed by atoms with van der Waals surface area (Å²) in [5.74, 6) is 1.43. The van der Waals surface area contributed by atoms with Gasteiger partial charge >= 0.3 is 6.03 Å². The highest BCUT2D eigenvalue weighted by Crippen LogP contribution is 2.30. The highest BCUT2D eigenvalue weighted by Gasteiger charge is 2.23. The minimum absolute atomic E-state index is 0.0935. The zero-order valence-electron chi connectivity index (χ0n) is 16.4. The third-order valence-corrected chi connectivity index (χ3v) is 5.01. The third-order valence-electron chi connectivity index (χ3n) is 5.01. The van der Waals surface area contributed by atoms with Crippen LogP contribution >= 0.6 is 0 Å². The van der Waals surface area contributed by atoms with Crippen LogP contribution in [-0.2, 0) is 0 Å². The number of ether oxygens (including phenoxy) is 2. The van der Waals surface area contributed by atoms with Gasteiger partial charge in [0.2, 0.25) is 0 Å². The molecule has 2 heterocycles. The topological polar surface area (TPSA) is 81.5 Å². The third kappa shape index (κ3) is 4.16. The van der Waals surface area contributed by atoms with Crippen molar-refractivity contribution < 1.29 is 14.3 Å². The molecule has 0 spiro atoms. The number of aromatic nitrogens is 3. The van der Waals surface area contributed by atoms with Gasteiger partial charge in [-0.3, -0.25) is 0 Å². The number of carbonyl (C=O) groups excluding carboxylic acids is 1. The van der Waals surface area contributed by atoms with E-state index in [4.69, 9.17) is 9.47 Å². The Balaban J connectivity index is 1.32. The van der Waals surface area contributed by atoms with E-state index in [-0.39, 0.29) is 18.2 Å². The van der Waals surface area contributed by atoms with Crippen LogP contribution in [0.15, 0.2) is 61.2 Å². The summed E-state index contributed by atoms with van der Waals surface area (Å²) < 4.78 is 13.3. The van der Waals surface area contributed by atoms with Gasteiger partial charge < -0.3 is 19.7 Å². The molecule has 1 aliphatic heterocycles. The summed E-state index contributed by atoms with van der Waals surface area (Å²) in [5.41, 5.74) is 1.94. The minimum Gasteiger partial charge on any atom is -0.486 e. The standard InChI is InChI=1S/C21H23N5O3/c1-15(16-7-9-17(10-8-16)26-14-22-13-24-26)25(2)21(27)23-11-18-12-28-19-5-3-4-6-20(19)29-18/h3-10,13-15,18H,11-12H2,1-2H3,(H,23,27)/t15-,18+/m0/s1. The van der Waals surface area contributed by atoms with Crippen LogP contribution in [0.25, 0.3) is 5.69 Å². The zero-order chi connectivity index (χ0) is 20.2. The first-order valence-electron chi connectivity index (χ1n) is 9.46. The number of hydrogen-bond donors (Lipinski definition) is 1. The van der Waals surface area contributed by atoms with Crippen LogP contribution in [0, 0.1) is 0 Å². The van der Waals surface area contributed by atoms with E-state index in [1.165, 1.54) is 6.33 Å². The number of amides is 2. The van der Waals surface area contributed by atoms with Gasteiger partial charge in [-0.05, 0) is 36.8 Å². The molecular formula is C21H23N5O3. The normalized spacial score (nSPS) is 16.1. The highest BCUT2D eigenvalue weighted by atomic mass is 16.6. The number of urea groups is 1. The van der Waals surface area contributed by atoms with Crippen molar-refractivity contribution in [2.75, 3.05) is 20.2 Å². The molecule has 0 fully saturated rings. The predicted octanol–water partition coefficient (Wildman–Crippen LogP) is 2.81. The molecular weight excluding hydrogens is 370 g/mol. The largest absolute Gasteiger partial charge is 0.486 e. The first kappa shape index (κ1) is 18.8.